The van der Waals surface area contributed by atoms with E-state index in [4.69, 9.17) is 5.11 Å². The number of aliphatic carboxylic acids is 1. The average Bonchev–Trinajstić information content (AvgIpc) is 2.17. The largest absolute Gasteiger partial charge is 0.481 e. The summed E-state index contributed by atoms with van der Waals surface area (Å²) in [6.45, 7) is 0. The number of hydrogen-bond acceptors (Lipinski definition) is 2. The summed E-state index contributed by atoms with van der Waals surface area (Å²) < 4.78 is 0. The van der Waals surface area contributed by atoms with Gasteiger partial charge in [-0.3, -0.25) is 9.59 Å². The van der Waals surface area contributed by atoms with Gasteiger partial charge in [-0.25, -0.2) is 0 Å². The zero-order chi connectivity index (χ0) is 10.8. The topological polar surface area (TPSA) is 54.4 Å². The maximum atomic E-state index is 11.2. The summed E-state index contributed by atoms with van der Waals surface area (Å²) in [6.07, 6.45) is 6.49. The molecule has 0 saturated heterocycles. The van der Waals surface area contributed by atoms with Crippen molar-refractivity contribution < 1.29 is 14.7 Å². The molecular weight excluding hydrogens is 192 g/mol. The highest BCUT2D eigenvalue weighted by molar-refractivity contribution is 5.91. The Hall–Kier alpha value is -1.12. The molecular formula is C12H16O3. The fraction of sp³-hybridized carbons (Fsp3) is 0.667. The number of carboxylic acid groups (broad SMARTS) is 1. The second-order valence-corrected chi connectivity index (χ2v) is 4.66. The number of hydrogen-bond donors (Lipinski definition) is 1. The van der Waals surface area contributed by atoms with E-state index in [0.717, 1.165) is 25.7 Å². The third kappa shape index (κ3) is 2.46. The number of allylic oxidation sites excluding steroid dienone is 2. The van der Waals surface area contributed by atoms with Crippen molar-refractivity contribution in [3.63, 3.8) is 0 Å². The van der Waals surface area contributed by atoms with Crippen LogP contribution in [0.15, 0.2) is 11.6 Å². The highest BCUT2D eigenvalue weighted by Gasteiger charge is 2.29. The predicted molar refractivity (Wildman–Crippen MR) is 55.4 cm³/mol. The minimum Gasteiger partial charge on any atom is -0.481 e. The van der Waals surface area contributed by atoms with Gasteiger partial charge in [-0.05, 0) is 43.6 Å². The van der Waals surface area contributed by atoms with E-state index in [-0.39, 0.29) is 12.2 Å². The van der Waals surface area contributed by atoms with E-state index >= 15 is 0 Å². The molecule has 0 aromatic heterocycles. The lowest BCUT2D eigenvalue weighted by molar-refractivity contribution is -0.138. The van der Waals surface area contributed by atoms with E-state index in [1.807, 2.05) is 0 Å². The average molecular weight is 208 g/mol. The minimum atomic E-state index is -0.695. The van der Waals surface area contributed by atoms with Crippen LogP contribution in [0.1, 0.15) is 38.5 Å². The van der Waals surface area contributed by atoms with Crippen LogP contribution in [0.5, 0.6) is 0 Å². The molecule has 1 N–H and O–H groups in total. The van der Waals surface area contributed by atoms with Crippen LogP contribution in [0.4, 0.5) is 0 Å². The monoisotopic (exact) mass is 208 g/mol. The van der Waals surface area contributed by atoms with Crippen LogP contribution < -0.4 is 0 Å². The summed E-state index contributed by atoms with van der Waals surface area (Å²) in [4.78, 5) is 21.8. The number of ketones is 1. The predicted octanol–water partition coefficient (Wildman–Crippen LogP) is 2.17. The number of carbonyl (C=O) groups is 2. The molecule has 1 fully saturated rings. The molecule has 0 aromatic carbocycles. The first-order chi connectivity index (χ1) is 7.15. The van der Waals surface area contributed by atoms with Gasteiger partial charge in [-0.2, -0.15) is 0 Å². The number of carbonyl (C=O) groups excluding carboxylic acids is 1. The number of fused-ring (bicyclic) bond motifs is 1. The maximum Gasteiger partial charge on any atom is 0.303 e. The van der Waals surface area contributed by atoms with Crippen molar-refractivity contribution in [1.82, 2.24) is 0 Å². The van der Waals surface area contributed by atoms with E-state index in [1.54, 1.807) is 6.08 Å². The van der Waals surface area contributed by atoms with Gasteiger partial charge >= 0.3 is 5.97 Å². The zero-order valence-corrected chi connectivity index (χ0v) is 8.74. The van der Waals surface area contributed by atoms with Crippen molar-refractivity contribution in [1.29, 1.82) is 0 Å². The molecule has 3 heteroatoms. The second-order valence-electron chi connectivity index (χ2n) is 4.66. The van der Waals surface area contributed by atoms with E-state index < -0.39 is 5.97 Å². The van der Waals surface area contributed by atoms with Gasteiger partial charge < -0.3 is 5.11 Å². The van der Waals surface area contributed by atoms with Gasteiger partial charge in [-0.15, -0.1) is 0 Å². The summed E-state index contributed by atoms with van der Waals surface area (Å²) in [5.41, 5.74) is 1.27. The molecule has 0 radical (unpaired) electrons. The first-order valence-electron chi connectivity index (χ1n) is 5.60. The summed E-state index contributed by atoms with van der Waals surface area (Å²) in [5.74, 6) is 0.357. The summed E-state index contributed by atoms with van der Waals surface area (Å²) in [5, 5.41) is 8.74. The molecule has 0 heterocycles. The summed E-state index contributed by atoms with van der Waals surface area (Å²) in [6, 6.07) is 0. The Bertz CT molecular complexity index is 317. The smallest absolute Gasteiger partial charge is 0.303 e. The molecule has 2 atom stereocenters. The molecule has 0 aliphatic heterocycles. The fourth-order valence-corrected chi connectivity index (χ4v) is 2.77. The molecule has 0 aromatic rings. The Morgan fingerprint density at radius 1 is 1.40 bits per heavy atom. The molecule has 2 rings (SSSR count). The quantitative estimate of drug-likeness (QED) is 0.756. The number of carboxylic acids is 1. The van der Waals surface area contributed by atoms with Crippen LogP contribution in [0.3, 0.4) is 0 Å². The Morgan fingerprint density at radius 2 is 2.20 bits per heavy atom. The Kier molecular flexibility index (Phi) is 2.89. The van der Waals surface area contributed by atoms with E-state index in [0.29, 0.717) is 18.3 Å². The normalized spacial score (nSPS) is 30.7. The van der Waals surface area contributed by atoms with Gasteiger partial charge in [0.2, 0.25) is 0 Å². The fourth-order valence-electron chi connectivity index (χ4n) is 2.77. The Balaban J connectivity index is 1.99. The number of rotatable bonds is 2. The van der Waals surface area contributed by atoms with Crippen LogP contribution in [0.25, 0.3) is 0 Å². The second kappa shape index (κ2) is 4.17. The van der Waals surface area contributed by atoms with Crippen molar-refractivity contribution in [2.24, 2.45) is 11.8 Å². The first kappa shape index (κ1) is 10.4. The van der Waals surface area contributed by atoms with Gasteiger partial charge in [0.1, 0.15) is 0 Å². The van der Waals surface area contributed by atoms with Crippen LogP contribution in [-0.2, 0) is 9.59 Å². The maximum absolute atomic E-state index is 11.2. The van der Waals surface area contributed by atoms with Crippen LogP contribution >= 0.6 is 0 Å². The van der Waals surface area contributed by atoms with Gasteiger partial charge in [0, 0.05) is 12.8 Å². The molecule has 82 valence electrons. The van der Waals surface area contributed by atoms with Gasteiger partial charge in [0.15, 0.2) is 5.78 Å². The van der Waals surface area contributed by atoms with Gasteiger partial charge in [0.05, 0.1) is 0 Å². The lowest BCUT2D eigenvalue weighted by Crippen LogP contribution is -2.24. The standard InChI is InChI=1S/C12H16O3/c13-11-4-3-9-5-8(6-12(14)15)1-2-10(9)7-11/h7-9H,1-6H2,(H,14,15)/t8-,9-/m0/s1. The third-order valence-electron chi connectivity index (χ3n) is 3.53. The highest BCUT2D eigenvalue weighted by Crippen LogP contribution is 2.39. The summed E-state index contributed by atoms with van der Waals surface area (Å²) in [7, 11) is 0. The lowest BCUT2D eigenvalue weighted by atomic mass is 9.72. The van der Waals surface area contributed by atoms with E-state index in [2.05, 4.69) is 0 Å². The Labute approximate surface area is 89.2 Å². The van der Waals surface area contributed by atoms with Gasteiger partial charge in [-0.1, -0.05) is 5.57 Å². The van der Waals surface area contributed by atoms with Crippen molar-refractivity contribution in [3.8, 4) is 0 Å². The van der Waals surface area contributed by atoms with Gasteiger partial charge in [0.25, 0.3) is 0 Å². The molecule has 15 heavy (non-hydrogen) atoms. The molecule has 2 aliphatic carbocycles. The SMILES string of the molecule is O=C(O)C[C@H]1CCC2=CC(=O)CC[C@H]2C1. The van der Waals surface area contributed by atoms with Crippen LogP contribution in [0.2, 0.25) is 0 Å². The summed E-state index contributed by atoms with van der Waals surface area (Å²) >= 11 is 0. The van der Waals surface area contributed by atoms with Crippen LogP contribution in [0, 0.1) is 11.8 Å². The molecule has 0 bridgehead atoms. The van der Waals surface area contributed by atoms with E-state index in [1.165, 1.54) is 5.57 Å². The van der Waals surface area contributed by atoms with Crippen molar-refractivity contribution in [2.75, 3.05) is 0 Å². The van der Waals surface area contributed by atoms with Crippen molar-refractivity contribution in [3.05, 3.63) is 11.6 Å². The molecule has 0 unspecified atom stereocenters. The van der Waals surface area contributed by atoms with Crippen LogP contribution in [-0.4, -0.2) is 16.9 Å². The van der Waals surface area contributed by atoms with E-state index in [9.17, 15) is 9.59 Å². The molecule has 0 spiro atoms. The first-order valence-corrected chi connectivity index (χ1v) is 5.60. The third-order valence-corrected chi connectivity index (χ3v) is 3.53. The lowest BCUT2D eigenvalue weighted by Gasteiger charge is -2.32. The highest BCUT2D eigenvalue weighted by atomic mass is 16.4. The molecule has 1 saturated carbocycles. The zero-order valence-electron chi connectivity index (χ0n) is 8.74. The van der Waals surface area contributed by atoms with Crippen molar-refractivity contribution in [2.45, 2.75) is 38.5 Å². The van der Waals surface area contributed by atoms with Crippen molar-refractivity contribution >= 4 is 11.8 Å². The molecule has 0 amide bonds. The molecule has 2 aliphatic rings. The minimum absolute atomic E-state index is 0.248. The Morgan fingerprint density at radius 3 is 2.93 bits per heavy atom. The molecule has 3 nitrogen and oxygen atoms in total.